The number of amides is 3. The van der Waals surface area contributed by atoms with Crippen LogP contribution < -0.4 is 10.6 Å². The van der Waals surface area contributed by atoms with Crippen LogP contribution in [0, 0.1) is 6.92 Å². The van der Waals surface area contributed by atoms with Crippen LogP contribution in [0.4, 0.5) is 17.1 Å². The van der Waals surface area contributed by atoms with Gasteiger partial charge in [0.1, 0.15) is 6.54 Å². The van der Waals surface area contributed by atoms with E-state index in [1.807, 2.05) is 43.3 Å². The Bertz CT molecular complexity index is 1160. The van der Waals surface area contributed by atoms with E-state index in [9.17, 15) is 14.4 Å². The van der Waals surface area contributed by atoms with E-state index in [0.717, 1.165) is 16.2 Å². The second kappa shape index (κ2) is 8.12. The Morgan fingerprint density at radius 1 is 0.900 bits per heavy atom. The van der Waals surface area contributed by atoms with Crippen molar-refractivity contribution >= 4 is 50.7 Å². The number of fused-ring (bicyclic) bond motifs is 1. The van der Waals surface area contributed by atoms with E-state index >= 15 is 0 Å². The van der Waals surface area contributed by atoms with Gasteiger partial charge < -0.3 is 10.6 Å². The van der Waals surface area contributed by atoms with Gasteiger partial charge in [0.05, 0.1) is 22.5 Å². The van der Waals surface area contributed by atoms with Crippen molar-refractivity contribution in [2.75, 3.05) is 17.2 Å². The number of imide groups is 1. The van der Waals surface area contributed by atoms with Crippen molar-refractivity contribution in [1.82, 2.24) is 4.90 Å². The minimum atomic E-state index is -0.475. The van der Waals surface area contributed by atoms with Crippen LogP contribution in [0.2, 0.25) is 0 Å². The maximum absolute atomic E-state index is 12.6. The number of benzene rings is 3. The molecule has 0 unspecified atom stereocenters. The molecule has 0 aromatic heterocycles. The third-order valence-corrected chi connectivity index (χ3v) is 5.26. The van der Waals surface area contributed by atoms with Crippen molar-refractivity contribution in [3.63, 3.8) is 0 Å². The van der Waals surface area contributed by atoms with Crippen molar-refractivity contribution in [3.05, 3.63) is 87.9 Å². The summed E-state index contributed by atoms with van der Waals surface area (Å²) in [5, 5.41) is 6.06. The predicted molar refractivity (Wildman–Crippen MR) is 119 cm³/mol. The molecule has 0 aliphatic carbocycles. The summed E-state index contributed by atoms with van der Waals surface area (Å²) in [6.07, 6.45) is 0. The fraction of sp³-hybridized carbons (Fsp3) is 0.0870. The Kier molecular flexibility index (Phi) is 5.37. The van der Waals surface area contributed by atoms with Gasteiger partial charge in [0.15, 0.2) is 0 Å². The Balaban J connectivity index is 1.48. The number of nitrogens with zero attached hydrogens (tertiary/aromatic N) is 1. The number of nitrogens with one attached hydrogen (secondary N) is 2. The average Bonchev–Trinajstić information content (AvgIpc) is 2.95. The first-order valence-corrected chi connectivity index (χ1v) is 10.1. The molecule has 1 aliphatic rings. The first-order valence-electron chi connectivity index (χ1n) is 9.31. The first kappa shape index (κ1) is 19.8. The summed E-state index contributed by atoms with van der Waals surface area (Å²) in [4.78, 5) is 38.7. The molecule has 6 nitrogen and oxygen atoms in total. The van der Waals surface area contributed by atoms with E-state index in [4.69, 9.17) is 0 Å². The highest BCUT2D eigenvalue weighted by Crippen LogP contribution is 2.27. The summed E-state index contributed by atoms with van der Waals surface area (Å²) in [6.45, 7) is 1.65. The molecular formula is C23H18BrN3O3. The van der Waals surface area contributed by atoms with Crippen LogP contribution in [-0.4, -0.2) is 29.2 Å². The standard InChI is InChI=1S/C23H18BrN3O3/c1-14-6-9-16(10-7-14)25-19-4-2-3-5-20(19)26-21(28)13-27-22(29)17-11-8-15(24)12-18(17)23(27)30/h2-12,25H,13H2,1H3,(H,26,28). The molecule has 1 aliphatic heterocycles. The molecule has 3 aromatic rings. The molecule has 0 saturated carbocycles. The zero-order valence-corrected chi connectivity index (χ0v) is 17.7. The van der Waals surface area contributed by atoms with E-state index in [1.165, 1.54) is 0 Å². The lowest BCUT2D eigenvalue weighted by Gasteiger charge is -2.16. The summed E-state index contributed by atoms with van der Waals surface area (Å²) in [6, 6.07) is 20.0. The quantitative estimate of drug-likeness (QED) is 0.535. The Morgan fingerprint density at radius 2 is 1.57 bits per heavy atom. The van der Waals surface area contributed by atoms with Crippen LogP contribution in [0.15, 0.2) is 71.2 Å². The molecule has 30 heavy (non-hydrogen) atoms. The fourth-order valence-corrected chi connectivity index (χ4v) is 3.59. The minimum Gasteiger partial charge on any atom is -0.354 e. The van der Waals surface area contributed by atoms with Crippen LogP contribution in [0.1, 0.15) is 26.3 Å². The van der Waals surface area contributed by atoms with Crippen LogP contribution in [-0.2, 0) is 4.79 Å². The molecule has 0 bridgehead atoms. The number of rotatable bonds is 5. The molecule has 150 valence electrons. The summed E-state index contributed by atoms with van der Waals surface area (Å²) >= 11 is 3.30. The number of carbonyl (C=O) groups is 3. The van der Waals surface area contributed by atoms with Gasteiger partial charge in [-0.25, -0.2) is 0 Å². The van der Waals surface area contributed by atoms with Crippen LogP contribution in [0.3, 0.4) is 0 Å². The van der Waals surface area contributed by atoms with Crippen LogP contribution in [0.25, 0.3) is 0 Å². The van der Waals surface area contributed by atoms with Gasteiger partial charge in [-0.1, -0.05) is 45.8 Å². The summed E-state index contributed by atoms with van der Waals surface area (Å²) in [5.74, 6) is -1.40. The molecule has 0 fully saturated rings. The van der Waals surface area contributed by atoms with E-state index in [1.54, 1.807) is 30.3 Å². The number of para-hydroxylation sites is 2. The lowest BCUT2D eigenvalue weighted by Crippen LogP contribution is -2.37. The predicted octanol–water partition coefficient (Wildman–Crippen LogP) is 4.74. The monoisotopic (exact) mass is 463 g/mol. The molecular weight excluding hydrogens is 446 g/mol. The molecule has 4 rings (SSSR count). The van der Waals surface area contributed by atoms with E-state index in [-0.39, 0.29) is 6.54 Å². The van der Waals surface area contributed by atoms with Gasteiger partial charge in [0.25, 0.3) is 11.8 Å². The third-order valence-electron chi connectivity index (χ3n) is 4.77. The number of hydrogen-bond acceptors (Lipinski definition) is 4. The molecule has 7 heteroatoms. The van der Waals surface area contributed by atoms with Gasteiger partial charge in [0, 0.05) is 10.2 Å². The lowest BCUT2D eigenvalue weighted by molar-refractivity contribution is -0.116. The Labute approximate surface area is 182 Å². The van der Waals surface area contributed by atoms with Gasteiger partial charge in [-0.15, -0.1) is 0 Å². The van der Waals surface area contributed by atoms with Gasteiger partial charge >= 0.3 is 0 Å². The Hall–Kier alpha value is -3.45. The minimum absolute atomic E-state index is 0.295. The van der Waals surface area contributed by atoms with Gasteiger partial charge in [-0.2, -0.15) is 0 Å². The van der Waals surface area contributed by atoms with Crippen molar-refractivity contribution in [3.8, 4) is 0 Å². The number of carbonyl (C=O) groups excluding carboxylic acids is 3. The molecule has 2 N–H and O–H groups in total. The van der Waals surface area contributed by atoms with E-state index < -0.39 is 17.7 Å². The lowest BCUT2D eigenvalue weighted by atomic mass is 10.1. The van der Waals surface area contributed by atoms with Gasteiger partial charge in [0.2, 0.25) is 5.91 Å². The van der Waals surface area contributed by atoms with Crippen molar-refractivity contribution in [1.29, 1.82) is 0 Å². The van der Waals surface area contributed by atoms with Crippen molar-refractivity contribution < 1.29 is 14.4 Å². The number of anilines is 3. The second-order valence-electron chi connectivity index (χ2n) is 6.97. The maximum Gasteiger partial charge on any atom is 0.262 e. The summed E-state index contributed by atoms with van der Waals surface area (Å²) < 4.78 is 0.699. The van der Waals surface area contributed by atoms with Crippen molar-refractivity contribution in [2.24, 2.45) is 0 Å². The smallest absolute Gasteiger partial charge is 0.262 e. The van der Waals surface area contributed by atoms with E-state index in [0.29, 0.717) is 27.0 Å². The number of aryl methyl sites for hydroxylation is 1. The highest BCUT2D eigenvalue weighted by molar-refractivity contribution is 9.10. The zero-order valence-electron chi connectivity index (χ0n) is 16.1. The number of halogens is 1. The average molecular weight is 464 g/mol. The molecule has 0 atom stereocenters. The zero-order chi connectivity index (χ0) is 21.3. The largest absolute Gasteiger partial charge is 0.354 e. The van der Waals surface area contributed by atoms with Crippen LogP contribution in [0.5, 0.6) is 0 Å². The molecule has 3 aromatic carbocycles. The highest BCUT2D eigenvalue weighted by atomic mass is 79.9. The van der Waals surface area contributed by atoms with E-state index in [2.05, 4.69) is 26.6 Å². The molecule has 0 spiro atoms. The maximum atomic E-state index is 12.6. The summed E-state index contributed by atoms with van der Waals surface area (Å²) in [5.41, 5.74) is 3.90. The SMILES string of the molecule is Cc1ccc(Nc2ccccc2NC(=O)CN2C(=O)c3ccc(Br)cc3C2=O)cc1. The van der Waals surface area contributed by atoms with Crippen LogP contribution >= 0.6 is 15.9 Å². The summed E-state index contributed by atoms with van der Waals surface area (Å²) in [7, 11) is 0. The number of hydrogen-bond donors (Lipinski definition) is 2. The molecule has 1 heterocycles. The van der Waals surface area contributed by atoms with Gasteiger partial charge in [-0.05, 0) is 49.4 Å². The van der Waals surface area contributed by atoms with Gasteiger partial charge in [-0.3, -0.25) is 19.3 Å². The fourth-order valence-electron chi connectivity index (χ4n) is 3.23. The third kappa shape index (κ3) is 3.97. The second-order valence-corrected chi connectivity index (χ2v) is 7.89. The Morgan fingerprint density at radius 3 is 2.30 bits per heavy atom. The van der Waals surface area contributed by atoms with Crippen molar-refractivity contribution in [2.45, 2.75) is 6.92 Å². The normalized spacial score (nSPS) is 12.7. The molecule has 0 radical (unpaired) electrons. The topological polar surface area (TPSA) is 78.5 Å². The molecule has 0 saturated heterocycles. The highest BCUT2D eigenvalue weighted by Gasteiger charge is 2.36. The molecule has 3 amide bonds. The first-order chi connectivity index (χ1) is 14.4.